The smallest absolute Gasteiger partial charge is 0.339 e. The second-order valence-electron chi connectivity index (χ2n) is 6.10. The van der Waals surface area contributed by atoms with Crippen LogP contribution in [0.2, 0.25) is 0 Å². The molecule has 0 radical (unpaired) electrons. The third-order valence-corrected chi connectivity index (χ3v) is 3.22. The minimum Gasteiger partial charge on any atom is -0.497 e. The quantitative estimate of drug-likeness (QED) is 0.800. The van der Waals surface area contributed by atoms with E-state index in [1.54, 1.807) is 58.2 Å². The Bertz CT molecular complexity index is 592. The molecule has 1 aromatic carbocycles. The molecule has 0 N–H and O–H groups in total. The number of carbonyl (C=O) groups excluding carboxylic acids is 2. The number of carbonyl (C=O) groups is 2. The average Bonchev–Trinajstić information content (AvgIpc) is 2.85. The fourth-order valence-electron chi connectivity index (χ4n) is 1.93. The monoisotopic (exact) mass is 304 g/mol. The molecule has 0 aliphatic carbocycles. The Morgan fingerprint density at radius 2 is 1.86 bits per heavy atom. The molecule has 0 saturated heterocycles. The van der Waals surface area contributed by atoms with E-state index in [2.05, 4.69) is 0 Å². The van der Waals surface area contributed by atoms with Crippen LogP contribution in [0, 0.1) is 5.41 Å². The Labute approximate surface area is 129 Å². The van der Waals surface area contributed by atoms with Gasteiger partial charge in [-0.2, -0.15) is 0 Å². The summed E-state index contributed by atoms with van der Waals surface area (Å²) in [6.07, 6.45) is 1.14. The third kappa shape index (κ3) is 3.67. The van der Waals surface area contributed by atoms with Crippen molar-refractivity contribution in [1.82, 2.24) is 0 Å². The first-order valence-electron chi connectivity index (χ1n) is 7.05. The molecule has 1 aliphatic rings. The minimum atomic E-state index is -0.578. The van der Waals surface area contributed by atoms with E-state index in [-0.39, 0.29) is 12.6 Å². The van der Waals surface area contributed by atoms with E-state index in [1.807, 2.05) is 0 Å². The number of cyclic esters (lactones) is 1. The number of rotatable bonds is 4. The molecule has 1 atom stereocenters. The summed E-state index contributed by atoms with van der Waals surface area (Å²) < 4.78 is 15.5. The molecule has 0 unspecified atom stereocenters. The van der Waals surface area contributed by atoms with E-state index in [4.69, 9.17) is 14.2 Å². The van der Waals surface area contributed by atoms with Crippen molar-refractivity contribution in [2.24, 2.45) is 5.41 Å². The maximum absolute atomic E-state index is 11.9. The molecule has 0 amide bonds. The van der Waals surface area contributed by atoms with E-state index >= 15 is 0 Å². The van der Waals surface area contributed by atoms with Crippen LogP contribution in [-0.4, -0.2) is 31.8 Å². The van der Waals surface area contributed by atoms with Crippen molar-refractivity contribution in [3.8, 4) is 5.75 Å². The van der Waals surface area contributed by atoms with Crippen molar-refractivity contribution >= 4 is 17.5 Å². The molecule has 2 rings (SSSR count). The molecule has 22 heavy (non-hydrogen) atoms. The molecule has 1 aliphatic heterocycles. The summed E-state index contributed by atoms with van der Waals surface area (Å²) in [5.41, 5.74) is 0.639. The van der Waals surface area contributed by atoms with Crippen LogP contribution >= 0.6 is 0 Å². The second-order valence-corrected chi connectivity index (χ2v) is 6.10. The van der Waals surface area contributed by atoms with Gasteiger partial charge < -0.3 is 14.2 Å². The van der Waals surface area contributed by atoms with Gasteiger partial charge in [0, 0.05) is 0 Å². The van der Waals surface area contributed by atoms with E-state index in [9.17, 15) is 9.59 Å². The van der Waals surface area contributed by atoms with Gasteiger partial charge in [0.25, 0.3) is 0 Å². The highest BCUT2D eigenvalue weighted by molar-refractivity contribution is 6.18. The number of ether oxygens (including phenoxy) is 3. The zero-order valence-corrected chi connectivity index (χ0v) is 13.2. The molecule has 0 fully saturated rings. The standard InChI is InChI=1S/C17H20O5/c1-17(2,3)16(19)21-10-13-9-14(15(18)22-13)11-5-7-12(20-4)8-6-11/h5-9,13H,10H2,1-4H3/t13-/m1/s1. The summed E-state index contributed by atoms with van der Waals surface area (Å²) in [6.45, 7) is 5.35. The van der Waals surface area contributed by atoms with Crippen molar-refractivity contribution in [1.29, 1.82) is 0 Å². The van der Waals surface area contributed by atoms with Crippen molar-refractivity contribution < 1.29 is 23.8 Å². The van der Waals surface area contributed by atoms with Gasteiger partial charge in [-0.1, -0.05) is 12.1 Å². The van der Waals surface area contributed by atoms with Crippen molar-refractivity contribution in [3.63, 3.8) is 0 Å². The maximum atomic E-state index is 11.9. The van der Waals surface area contributed by atoms with E-state index in [0.29, 0.717) is 11.3 Å². The first kappa shape index (κ1) is 16.1. The van der Waals surface area contributed by atoms with Crippen molar-refractivity contribution in [3.05, 3.63) is 35.9 Å². The Kier molecular flexibility index (Phi) is 4.54. The Hall–Kier alpha value is -2.30. The van der Waals surface area contributed by atoms with Crippen LogP contribution in [0.3, 0.4) is 0 Å². The van der Waals surface area contributed by atoms with E-state index < -0.39 is 17.5 Å². The van der Waals surface area contributed by atoms with Crippen molar-refractivity contribution in [2.75, 3.05) is 13.7 Å². The summed E-state index contributed by atoms with van der Waals surface area (Å²) in [7, 11) is 1.58. The molecule has 1 aromatic rings. The molecular weight excluding hydrogens is 284 g/mol. The summed E-state index contributed by atoms with van der Waals surface area (Å²) in [4.78, 5) is 23.6. The topological polar surface area (TPSA) is 61.8 Å². The lowest BCUT2D eigenvalue weighted by molar-refractivity contribution is -0.158. The molecule has 5 heteroatoms. The largest absolute Gasteiger partial charge is 0.497 e. The van der Waals surface area contributed by atoms with Gasteiger partial charge >= 0.3 is 11.9 Å². The fraction of sp³-hybridized carbons (Fsp3) is 0.412. The maximum Gasteiger partial charge on any atom is 0.339 e. The second kappa shape index (κ2) is 6.22. The Balaban J connectivity index is 2.04. The first-order valence-corrected chi connectivity index (χ1v) is 7.05. The molecule has 0 bridgehead atoms. The minimum absolute atomic E-state index is 0.0293. The molecule has 118 valence electrons. The number of benzene rings is 1. The lowest BCUT2D eigenvalue weighted by Crippen LogP contribution is -2.27. The highest BCUT2D eigenvalue weighted by atomic mass is 16.6. The van der Waals surface area contributed by atoms with Crippen LogP contribution in [0.4, 0.5) is 0 Å². The molecule has 0 saturated carbocycles. The van der Waals surface area contributed by atoms with Gasteiger partial charge in [-0.3, -0.25) is 4.79 Å². The number of methoxy groups -OCH3 is 1. The van der Waals surface area contributed by atoms with Crippen LogP contribution in [0.15, 0.2) is 30.3 Å². The predicted molar refractivity (Wildman–Crippen MR) is 81.3 cm³/mol. The van der Waals surface area contributed by atoms with Crippen LogP contribution < -0.4 is 4.74 Å². The van der Waals surface area contributed by atoms with Gasteiger partial charge in [0.1, 0.15) is 12.4 Å². The molecule has 0 spiro atoms. The summed E-state index contributed by atoms with van der Waals surface area (Å²) in [5.74, 6) is -0.0248. The molecular formula is C17H20O5. The predicted octanol–water partition coefficient (Wildman–Crippen LogP) is 2.59. The van der Waals surface area contributed by atoms with Crippen molar-refractivity contribution in [2.45, 2.75) is 26.9 Å². The fourth-order valence-corrected chi connectivity index (χ4v) is 1.93. The first-order chi connectivity index (χ1) is 10.3. The van der Waals surface area contributed by atoms with Crippen LogP contribution in [0.25, 0.3) is 5.57 Å². The Morgan fingerprint density at radius 1 is 1.23 bits per heavy atom. The summed E-state index contributed by atoms with van der Waals surface area (Å²) in [5, 5.41) is 0. The van der Waals surface area contributed by atoms with Gasteiger partial charge in [0.15, 0.2) is 6.10 Å². The van der Waals surface area contributed by atoms with Crippen LogP contribution in [-0.2, 0) is 19.1 Å². The lowest BCUT2D eigenvalue weighted by atomic mass is 9.97. The SMILES string of the molecule is COc1ccc(C2=C[C@H](COC(=O)C(C)(C)C)OC2=O)cc1. The Morgan fingerprint density at radius 3 is 2.41 bits per heavy atom. The normalized spacial score (nSPS) is 17.7. The van der Waals surface area contributed by atoms with Gasteiger partial charge in [-0.05, 0) is 44.5 Å². The molecule has 1 heterocycles. The van der Waals surface area contributed by atoms with Crippen LogP contribution in [0.1, 0.15) is 26.3 Å². The van der Waals surface area contributed by atoms with Gasteiger partial charge in [-0.15, -0.1) is 0 Å². The van der Waals surface area contributed by atoms with Gasteiger partial charge in [-0.25, -0.2) is 4.79 Å². The van der Waals surface area contributed by atoms with E-state index in [0.717, 1.165) is 5.56 Å². The number of hydrogen-bond donors (Lipinski definition) is 0. The highest BCUT2D eigenvalue weighted by Crippen LogP contribution is 2.26. The third-order valence-electron chi connectivity index (χ3n) is 3.22. The zero-order chi connectivity index (χ0) is 16.3. The molecule has 0 aromatic heterocycles. The summed E-state index contributed by atoms with van der Waals surface area (Å²) in [6, 6.07) is 7.12. The van der Waals surface area contributed by atoms with Crippen LogP contribution in [0.5, 0.6) is 5.75 Å². The number of hydrogen-bond acceptors (Lipinski definition) is 5. The number of esters is 2. The van der Waals surface area contributed by atoms with E-state index in [1.165, 1.54) is 0 Å². The summed E-state index contributed by atoms with van der Waals surface area (Å²) >= 11 is 0. The van der Waals surface area contributed by atoms with Gasteiger partial charge in [0.2, 0.25) is 0 Å². The average molecular weight is 304 g/mol. The van der Waals surface area contributed by atoms with Gasteiger partial charge in [0.05, 0.1) is 18.1 Å². The zero-order valence-electron chi connectivity index (χ0n) is 13.2. The lowest BCUT2D eigenvalue weighted by Gasteiger charge is -2.17. The molecule has 5 nitrogen and oxygen atoms in total. The highest BCUT2D eigenvalue weighted by Gasteiger charge is 2.29.